The van der Waals surface area contributed by atoms with Crippen LogP contribution in [0, 0.1) is 0 Å². The first-order chi connectivity index (χ1) is 9.35. The molecule has 4 nitrogen and oxygen atoms in total. The minimum absolute atomic E-state index is 0.00393. The number of ether oxygens (including phenoxy) is 2. The Morgan fingerprint density at radius 3 is 2.95 bits per heavy atom. The molecule has 0 bridgehead atoms. The van der Waals surface area contributed by atoms with Gasteiger partial charge in [0.05, 0.1) is 12.1 Å². The molecule has 2 aromatic rings. The molecule has 1 aromatic carbocycles. The zero-order valence-electron chi connectivity index (χ0n) is 11.4. The Labute approximate surface area is 113 Å². The zero-order chi connectivity index (χ0) is 13.5. The van der Waals surface area contributed by atoms with E-state index in [2.05, 4.69) is 17.2 Å². The second kappa shape index (κ2) is 7.07. The highest BCUT2D eigenvalue weighted by molar-refractivity contribution is 5.84. The number of methoxy groups -OCH3 is 1. The first-order valence-corrected chi connectivity index (χ1v) is 6.55. The standard InChI is InChI=1S/C15H20N2O2/c1-3-16-10-12(11-18-2)19-15-8-4-7-14-13(15)6-5-9-17-14/h4-9,12,16H,3,10-11H2,1-2H3. The Morgan fingerprint density at radius 2 is 2.16 bits per heavy atom. The van der Waals surface area contributed by atoms with E-state index in [0.717, 1.165) is 29.7 Å². The molecule has 0 amide bonds. The van der Waals surface area contributed by atoms with Crippen LogP contribution >= 0.6 is 0 Å². The number of nitrogens with one attached hydrogen (secondary N) is 1. The van der Waals surface area contributed by atoms with Crippen LogP contribution in [0.3, 0.4) is 0 Å². The molecule has 102 valence electrons. The van der Waals surface area contributed by atoms with Gasteiger partial charge in [0.25, 0.3) is 0 Å². The summed E-state index contributed by atoms with van der Waals surface area (Å²) < 4.78 is 11.2. The van der Waals surface area contributed by atoms with Gasteiger partial charge in [-0.3, -0.25) is 4.98 Å². The van der Waals surface area contributed by atoms with Gasteiger partial charge in [0.2, 0.25) is 0 Å². The molecule has 1 atom stereocenters. The van der Waals surface area contributed by atoms with E-state index < -0.39 is 0 Å². The predicted octanol–water partition coefficient (Wildman–Crippen LogP) is 2.24. The van der Waals surface area contributed by atoms with Crippen molar-refractivity contribution in [3.8, 4) is 5.75 Å². The minimum atomic E-state index is -0.00393. The van der Waals surface area contributed by atoms with Crippen LogP contribution in [-0.4, -0.2) is 37.9 Å². The summed E-state index contributed by atoms with van der Waals surface area (Å²) in [6.07, 6.45) is 1.79. The number of nitrogens with zero attached hydrogens (tertiary/aromatic N) is 1. The highest BCUT2D eigenvalue weighted by atomic mass is 16.5. The van der Waals surface area contributed by atoms with Crippen molar-refractivity contribution in [2.75, 3.05) is 26.8 Å². The molecule has 0 radical (unpaired) electrons. The van der Waals surface area contributed by atoms with Crippen LogP contribution in [0.25, 0.3) is 10.9 Å². The zero-order valence-corrected chi connectivity index (χ0v) is 11.4. The molecule has 4 heteroatoms. The van der Waals surface area contributed by atoms with Crippen molar-refractivity contribution >= 4 is 10.9 Å². The fourth-order valence-electron chi connectivity index (χ4n) is 1.98. The van der Waals surface area contributed by atoms with E-state index in [4.69, 9.17) is 9.47 Å². The predicted molar refractivity (Wildman–Crippen MR) is 76.6 cm³/mol. The van der Waals surface area contributed by atoms with Gasteiger partial charge < -0.3 is 14.8 Å². The number of rotatable bonds is 7. The second-order valence-corrected chi connectivity index (χ2v) is 4.33. The number of pyridine rings is 1. The van der Waals surface area contributed by atoms with Crippen LogP contribution < -0.4 is 10.1 Å². The van der Waals surface area contributed by atoms with Gasteiger partial charge in [0, 0.05) is 25.2 Å². The molecule has 1 N–H and O–H groups in total. The lowest BCUT2D eigenvalue weighted by molar-refractivity contribution is 0.0820. The maximum absolute atomic E-state index is 6.04. The van der Waals surface area contributed by atoms with Crippen molar-refractivity contribution in [2.24, 2.45) is 0 Å². The first-order valence-electron chi connectivity index (χ1n) is 6.55. The molecule has 1 heterocycles. The van der Waals surface area contributed by atoms with Gasteiger partial charge in [0.15, 0.2) is 0 Å². The van der Waals surface area contributed by atoms with Crippen LogP contribution in [0.1, 0.15) is 6.92 Å². The monoisotopic (exact) mass is 260 g/mol. The topological polar surface area (TPSA) is 43.4 Å². The summed E-state index contributed by atoms with van der Waals surface area (Å²) in [5.41, 5.74) is 0.944. The van der Waals surface area contributed by atoms with Crippen LogP contribution in [0.15, 0.2) is 36.5 Å². The highest BCUT2D eigenvalue weighted by Gasteiger charge is 2.11. The first kappa shape index (κ1) is 13.8. The molecule has 0 fully saturated rings. The SMILES string of the molecule is CCNCC(COC)Oc1cccc2ncccc12. The summed E-state index contributed by atoms with van der Waals surface area (Å²) in [5.74, 6) is 0.852. The Kier molecular flexibility index (Phi) is 5.12. The van der Waals surface area contributed by atoms with Gasteiger partial charge in [-0.05, 0) is 30.8 Å². The van der Waals surface area contributed by atoms with Crippen molar-refractivity contribution in [3.63, 3.8) is 0 Å². The number of aromatic nitrogens is 1. The number of hydrogen-bond donors (Lipinski definition) is 1. The molecule has 1 unspecified atom stereocenters. The number of benzene rings is 1. The van der Waals surface area contributed by atoms with E-state index in [9.17, 15) is 0 Å². The number of fused-ring (bicyclic) bond motifs is 1. The third-order valence-corrected chi connectivity index (χ3v) is 2.87. The maximum atomic E-state index is 6.04. The van der Waals surface area contributed by atoms with Gasteiger partial charge in [-0.25, -0.2) is 0 Å². The van der Waals surface area contributed by atoms with E-state index in [0.29, 0.717) is 6.61 Å². The Balaban J connectivity index is 2.18. The summed E-state index contributed by atoms with van der Waals surface area (Å²) in [5, 5.41) is 4.31. The molecule has 0 saturated carbocycles. The van der Waals surface area contributed by atoms with E-state index in [1.807, 2.05) is 30.3 Å². The van der Waals surface area contributed by atoms with E-state index in [-0.39, 0.29) is 6.10 Å². The van der Waals surface area contributed by atoms with Gasteiger partial charge in [-0.2, -0.15) is 0 Å². The van der Waals surface area contributed by atoms with Crippen LogP contribution in [0.2, 0.25) is 0 Å². The van der Waals surface area contributed by atoms with Crippen LogP contribution in [-0.2, 0) is 4.74 Å². The summed E-state index contributed by atoms with van der Waals surface area (Å²) in [6, 6.07) is 9.86. The van der Waals surface area contributed by atoms with Crippen molar-refractivity contribution in [2.45, 2.75) is 13.0 Å². The van der Waals surface area contributed by atoms with Crippen LogP contribution in [0.4, 0.5) is 0 Å². The van der Waals surface area contributed by atoms with Gasteiger partial charge in [0.1, 0.15) is 11.9 Å². The molecular weight excluding hydrogens is 240 g/mol. The third-order valence-electron chi connectivity index (χ3n) is 2.87. The van der Waals surface area contributed by atoms with Crippen molar-refractivity contribution in [3.05, 3.63) is 36.5 Å². The molecule has 0 aliphatic carbocycles. The van der Waals surface area contributed by atoms with Crippen LogP contribution in [0.5, 0.6) is 5.75 Å². The molecule has 19 heavy (non-hydrogen) atoms. The second-order valence-electron chi connectivity index (χ2n) is 4.33. The lowest BCUT2D eigenvalue weighted by atomic mass is 10.2. The average Bonchev–Trinajstić information content (AvgIpc) is 2.45. The lowest BCUT2D eigenvalue weighted by Gasteiger charge is -2.19. The summed E-state index contributed by atoms with van der Waals surface area (Å²) >= 11 is 0. The van der Waals surface area contributed by atoms with E-state index >= 15 is 0 Å². The molecule has 1 aromatic heterocycles. The molecule has 0 saturated heterocycles. The van der Waals surface area contributed by atoms with E-state index in [1.165, 1.54) is 0 Å². The molecule has 0 aliphatic heterocycles. The molecule has 0 aliphatic rings. The highest BCUT2D eigenvalue weighted by Crippen LogP contribution is 2.24. The third kappa shape index (κ3) is 3.66. The normalized spacial score (nSPS) is 12.5. The van der Waals surface area contributed by atoms with Gasteiger partial charge in [-0.1, -0.05) is 13.0 Å². The summed E-state index contributed by atoms with van der Waals surface area (Å²) in [6.45, 7) is 4.32. The van der Waals surface area contributed by atoms with E-state index in [1.54, 1.807) is 13.3 Å². The molecule has 0 spiro atoms. The quantitative estimate of drug-likeness (QED) is 0.829. The minimum Gasteiger partial charge on any atom is -0.486 e. The summed E-state index contributed by atoms with van der Waals surface area (Å²) in [7, 11) is 1.69. The molecular formula is C15H20N2O2. The largest absolute Gasteiger partial charge is 0.486 e. The van der Waals surface area contributed by atoms with Crippen molar-refractivity contribution in [1.29, 1.82) is 0 Å². The fraction of sp³-hybridized carbons (Fsp3) is 0.400. The smallest absolute Gasteiger partial charge is 0.134 e. The molecule has 2 rings (SSSR count). The average molecular weight is 260 g/mol. The Morgan fingerprint density at radius 1 is 1.26 bits per heavy atom. The maximum Gasteiger partial charge on any atom is 0.134 e. The number of likely N-dealkylation sites (N-methyl/N-ethyl adjacent to an activating group) is 1. The van der Waals surface area contributed by atoms with Gasteiger partial charge >= 0.3 is 0 Å². The Hall–Kier alpha value is -1.65. The lowest BCUT2D eigenvalue weighted by Crippen LogP contribution is -2.34. The van der Waals surface area contributed by atoms with Crippen molar-refractivity contribution < 1.29 is 9.47 Å². The Bertz CT molecular complexity index is 511. The fourth-order valence-corrected chi connectivity index (χ4v) is 1.98. The summed E-state index contributed by atoms with van der Waals surface area (Å²) in [4.78, 5) is 4.33. The number of hydrogen-bond acceptors (Lipinski definition) is 4. The van der Waals surface area contributed by atoms with Gasteiger partial charge in [-0.15, -0.1) is 0 Å². The van der Waals surface area contributed by atoms with Crippen molar-refractivity contribution in [1.82, 2.24) is 10.3 Å².